The number of carbonyl (C=O) groups is 1. The van der Waals surface area contributed by atoms with Crippen molar-refractivity contribution in [2.75, 3.05) is 4.31 Å². The Morgan fingerprint density at radius 3 is 2.46 bits per heavy atom. The van der Waals surface area contributed by atoms with Crippen molar-refractivity contribution >= 4 is 21.5 Å². The smallest absolute Gasteiger partial charge is 0.264 e. The third-order valence-corrected chi connectivity index (χ3v) is 6.27. The Morgan fingerprint density at radius 1 is 1.17 bits per heavy atom. The molecule has 0 saturated carbocycles. The summed E-state index contributed by atoms with van der Waals surface area (Å²) >= 11 is 0. The topological polar surface area (TPSA) is 54.5 Å². The maximum atomic E-state index is 13.5. The number of carbonyl (C=O) groups excluding carboxylic acids is 1. The van der Waals surface area contributed by atoms with Crippen molar-refractivity contribution in [1.82, 2.24) is 0 Å². The second-order valence-electron chi connectivity index (χ2n) is 6.04. The van der Waals surface area contributed by atoms with E-state index in [4.69, 9.17) is 0 Å². The Hall–Kier alpha value is -2.21. The highest BCUT2D eigenvalue weighted by Crippen LogP contribution is 2.35. The zero-order chi connectivity index (χ0) is 17.5. The molecule has 0 aliphatic carbocycles. The summed E-state index contributed by atoms with van der Waals surface area (Å²) in [4.78, 5) is 11.5. The van der Waals surface area contributed by atoms with Gasteiger partial charge in [-0.15, -0.1) is 0 Å². The number of hydrogen-bond acceptors (Lipinski definition) is 3. The van der Waals surface area contributed by atoms with Gasteiger partial charge >= 0.3 is 0 Å². The van der Waals surface area contributed by atoms with Crippen LogP contribution in [0.15, 0.2) is 47.4 Å². The lowest BCUT2D eigenvalue weighted by Crippen LogP contribution is -2.42. The van der Waals surface area contributed by atoms with Crippen LogP contribution < -0.4 is 4.31 Å². The van der Waals surface area contributed by atoms with Gasteiger partial charge in [0.1, 0.15) is 5.82 Å². The number of anilines is 1. The van der Waals surface area contributed by atoms with E-state index in [1.54, 1.807) is 0 Å². The average molecular weight is 347 g/mol. The van der Waals surface area contributed by atoms with Crippen LogP contribution in [0.1, 0.15) is 36.2 Å². The molecule has 2 aromatic rings. The Kier molecular flexibility index (Phi) is 4.17. The first-order valence-electron chi connectivity index (χ1n) is 7.74. The maximum absolute atomic E-state index is 13.5. The number of rotatable bonds is 3. The van der Waals surface area contributed by atoms with Crippen molar-refractivity contribution in [3.05, 3.63) is 59.4 Å². The number of ketones is 1. The summed E-state index contributed by atoms with van der Waals surface area (Å²) in [5, 5.41) is 0. The highest BCUT2D eigenvalue weighted by atomic mass is 32.2. The van der Waals surface area contributed by atoms with Gasteiger partial charge in [-0.05, 0) is 62.6 Å². The largest absolute Gasteiger partial charge is 0.295 e. The van der Waals surface area contributed by atoms with Crippen LogP contribution in [-0.2, 0) is 16.4 Å². The van der Waals surface area contributed by atoms with Gasteiger partial charge < -0.3 is 0 Å². The Morgan fingerprint density at radius 2 is 1.83 bits per heavy atom. The summed E-state index contributed by atoms with van der Waals surface area (Å²) in [6, 6.07) is 9.86. The predicted molar refractivity (Wildman–Crippen MR) is 90.3 cm³/mol. The molecule has 1 unspecified atom stereocenters. The highest BCUT2D eigenvalue weighted by molar-refractivity contribution is 7.92. The van der Waals surface area contributed by atoms with Crippen LogP contribution in [0, 0.1) is 5.82 Å². The van der Waals surface area contributed by atoms with Gasteiger partial charge in [-0.1, -0.05) is 12.1 Å². The zero-order valence-electron chi connectivity index (χ0n) is 13.5. The van der Waals surface area contributed by atoms with Crippen molar-refractivity contribution in [2.45, 2.75) is 37.6 Å². The summed E-state index contributed by atoms with van der Waals surface area (Å²) in [7, 11) is -3.78. The number of halogens is 1. The minimum atomic E-state index is -3.78. The minimum Gasteiger partial charge on any atom is -0.295 e. The van der Waals surface area contributed by atoms with Crippen LogP contribution in [0.3, 0.4) is 0 Å². The fourth-order valence-corrected chi connectivity index (χ4v) is 4.75. The fraction of sp³-hybridized carbons (Fsp3) is 0.278. The first-order valence-corrected chi connectivity index (χ1v) is 9.18. The first kappa shape index (κ1) is 16.6. The molecule has 0 radical (unpaired) electrons. The standard InChI is InChI=1S/C18H18FNO3S/c1-12-3-4-15-11-16(19)7-10-18(15)20(12)24(22,23)17-8-5-14(6-9-17)13(2)21/h5-12H,3-4H2,1-2H3. The summed E-state index contributed by atoms with van der Waals surface area (Å²) in [6.07, 6.45) is 1.27. The summed E-state index contributed by atoms with van der Waals surface area (Å²) in [6.45, 7) is 3.27. The van der Waals surface area contributed by atoms with Crippen molar-refractivity contribution in [1.29, 1.82) is 0 Å². The number of sulfonamides is 1. The molecule has 1 aliphatic heterocycles. The molecule has 24 heavy (non-hydrogen) atoms. The SMILES string of the molecule is CC(=O)c1ccc(S(=O)(=O)N2c3ccc(F)cc3CCC2C)cc1. The molecule has 0 N–H and O–H groups in total. The molecule has 1 heterocycles. The molecule has 3 rings (SSSR count). The van der Waals surface area contributed by atoms with Crippen LogP contribution in [-0.4, -0.2) is 20.2 Å². The van der Waals surface area contributed by atoms with E-state index < -0.39 is 10.0 Å². The Bertz CT molecular complexity index is 891. The van der Waals surface area contributed by atoms with Gasteiger partial charge in [0.2, 0.25) is 0 Å². The van der Waals surface area contributed by atoms with Gasteiger partial charge in [0.25, 0.3) is 10.0 Å². The second-order valence-corrected chi connectivity index (χ2v) is 7.86. The van der Waals surface area contributed by atoms with E-state index in [0.29, 0.717) is 29.7 Å². The molecule has 1 atom stereocenters. The van der Waals surface area contributed by atoms with E-state index in [0.717, 1.165) is 0 Å². The van der Waals surface area contributed by atoms with Crippen molar-refractivity contribution < 1.29 is 17.6 Å². The molecular weight excluding hydrogens is 329 g/mol. The van der Waals surface area contributed by atoms with E-state index in [9.17, 15) is 17.6 Å². The quantitative estimate of drug-likeness (QED) is 0.798. The van der Waals surface area contributed by atoms with E-state index in [1.807, 2.05) is 6.92 Å². The van der Waals surface area contributed by atoms with Gasteiger partial charge in [0.15, 0.2) is 5.78 Å². The third kappa shape index (κ3) is 2.82. The van der Waals surface area contributed by atoms with Crippen LogP contribution in [0.5, 0.6) is 0 Å². The highest BCUT2D eigenvalue weighted by Gasteiger charge is 2.33. The van der Waals surface area contributed by atoms with Gasteiger partial charge in [-0.2, -0.15) is 0 Å². The molecule has 0 aromatic heterocycles. The van der Waals surface area contributed by atoms with Crippen molar-refractivity contribution in [3.63, 3.8) is 0 Å². The summed E-state index contributed by atoms with van der Waals surface area (Å²) in [5.74, 6) is -0.488. The van der Waals surface area contributed by atoms with Gasteiger partial charge in [0.05, 0.1) is 10.6 Å². The minimum absolute atomic E-state index is 0.119. The molecule has 0 saturated heterocycles. The number of benzene rings is 2. The number of nitrogens with zero attached hydrogens (tertiary/aromatic N) is 1. The average Bonchev–Trinajstić information content (AvgIpc) is 2.54. The van der Waals surface area contributed by atoms with E-state index >= 15 is 0 Å². The number of Topliss-reactive ketones (excluding diaryl/α,β-unsaturated/α-hetero) is 1. The van der Waals surface area contributed by atoms with Crippen LogP contribution in [0.2, 0.25) is 0 Å². The van der Waals surface area contributed by atoms with Gasteiger partial charge in [-0.25, -0.2) is 12.8 Å². The van der Waals surface area contributed by atoms with E-state index in [2.05, 4.69) is 0 Å². The monoisotopic (exact) mass is 347 g/mol. The second kappa shape index (κ2) is 6.02. The molecule has 0 amide bonds. The maximum Gasteiger partial charge on any atom is 0.264 e. The lowest BCUT2D eigenvalue weighted by molar-refractivity contribution is 0.101. The Balaban J connectivity index is 2.08. The van der Waals surface area contributed by atoms with Gasteiger partial charge in [-0.3, -0.25) is 9.10 Å². The molecule has 0 fully saturated rings. The van der Waals surface area contributed by atoms with Crippen molar-refractivity contribution in [2.24, 2.45) is 0 Å². The molecule has 1 aliphatic rings. The first-order chi connectivity index (χ1) is 11.3. The number of hydrogen-bond donors (Lipinski definition) is 0. The molecule has 4 nitrogen and oxygen atoms in total. The number of fused-ring (bicyclic) bond motifs is 1. The molecule has 0 bridgehead atoms. The van der Waals surface area contributed by atoms with Gasteiger partial charge in [0, 0.05) is 11.6 Å². The molecule has 6 heteroatoms. The molecule has 126 valence electrons. The summed E-state index contributed by atoms with van der Waals surface area (Å²) in [5.41, 5.74) is 1.67. The third-order valence-electron chi connectivity index (χ3n) is 4.33. The molecule has 0 spiro atoms. The molecule has 2 aromatic carbocycles. The summed E-state index contributed by atoms with van der Waals surface area (Å²) < 4.78 is 41.0. The number of aryl methyl sites for hydroxylation is 1. The zero-order valence-corrected chi connectivity index (χ0v) is 14.3. The normalized spacial score (nSPS) is 17.5. The van der Waals surface area contributed by atoms with Crippen LogP contribution >= 0.6 is 0 Å². The van der Waals surface area contributed by atoms with Crippen molar-refractivity contribution in [3.8, 4) is 0 Å². The van der Waals surface area contributed by atoms with Crippen LogP contribution in [0.4, 0.5) is 10.1 Å². The fourth-order valence-electron chi connectivity index (χ4n) is 3.03. The van der Waals surface area contributed by atoms with E-state index in [-0.39, 0.29) is 22.5 Å². The predicted octanol–water partition coefficient (Wildman–Crippen LogP) is 3.56. The lowest BCUT2D eigenvalue weighted by Gasteiger charge is -2.36. The molecular formula is C18H18FNO3S. The van der Waals surface area contributed by atoms with E-state index in [1.165, 1.54) is 53.7 Å². The Labute approximate surface area is 141 Å². The lowest BCUT2D eigenvalue weighted by atomic mass is 9.99. The van der Waals surface area contributed by atoms with Crippen LogP contribution in [0.25, 0.3) is 0 Å².